The Morgan fingerprint density at radius 2 is 2.05 bits per heavy atom. The van der Waals surface area contributed by atoms with Gasteiger partial charge in [-0.1, -0.05) is 30.3 Å². The van der Waals surface area contributed by atoms with E-state index in [0.29, 0.717) is 17.7 Å². The summed E-state index contributed by atoms with van der Waals surface area (Å²) in [6, 6.07) is 8.84. The van der Waals surface area contributed by atoms with Crippen LogP contribution < -0.4 is 5.32 Å². The van der Waals surface area contributed by atoms with E-state index in [1.165, 1.54) is 6.20 Å². The van der Waals surface area contributed by atoms with Crippen LogP contribution in [0.25, 0.3) is 0 Å². The van der Waals surface area contributed by atoms with E-state index < -0.39 is 11.9 Å². The molecule has 6 heteroatoms. The van der Waals surface area contributed by atoms with Gasteiger partial charge >= 0.3 is 5.97 Å². The van der Waals surface area contributed by atoms with Gasteiger partial charge in [0, 0.05) is 19.3 Å². The predicted molar refractivity (Wildman–Crippen MR) is 77.1 cm³/mol. The van der Waals surface area contributed by atoms with E-state index >= 15 is 0 Å². The number of aryl methyl sites for hydroxylation is 1. The number of nitrogens with one attached hydrogen (secondary N) is 1. The molecule has 1 amide bonds. The molecule has 21 heavy (non-hydrogen) atoms. The van der Waals surface area contributed by atoms with Crippen LogP contribution in [0.4, 0.5) is 0 Å². The molecule has 0 bridgehead atoms. The zero-order valence-electron chi connectivity index (χ0n) is 11.7. The molecule has 1 heterocycles. The lowest BCUT2D eigenvalue weighted by molar-refractivity contribution is -0.138. The number of carbonyl (C=O) groups is 2. The number of aliphatic carboxylic acids is 1. The SMILES string of the molecule is CCn1cc(C(=O)NCC(C(=O)O)c2ccccc2)cn1. The van der Waals surface area contributed by atoms with E-state index in [-0.39, 0.29) is 12.5 Å². The lowest BCUT2D eigenvalue weighted by atomic mass is 9.99. The van der Waals surface area contributed by atoms with Crippen molar-refractivity contribution < 1.29 is 14.7 Å². The van der Waals surface area contributed by atoms with Crippen LogP contribution in [0.5, 0.6) is 0 Å². The van der Waals surface area contributed by atoms with Gasteiger partial charge in [0.25, 0.3) is 5.91 Å². The molecule has 0 radical (unpaired) electrons. The molecule has 0 saturated heterocycles. The molecule has 1 unspecified atom stereocenters. The molecule has 0 spiro atoms. The molecule has 0 saturated carbocycles. The molecule has 6 nitrogen and oxygen atoms in total. The third kappa shape index (κ3) is 3.68. The summed E-state index contributed by atoms with van der Waals surface area (Å²) < 4.78 is 1.64. The quantitative estimate of drug-likeness (QED) is 0.843. The summed E-state index contributed by atoms with van der Waals surface area (Å²) in [7, 11) is 0. The van der Waals surface area contributed by atoms with Gasteiger partial charge < -0.3 is 10.4 Å². The summed E-state index contributed by atoms with van der Waals surface area (Å²) in [6.07, 6.45) is 3.10. The molecule has 2 N–H and O–H groups in total. The third-order valence-electron chi connectivity index (χ3n) is 3.19. The largest absolute Gasteiger partial charge is 0.481 e. The normalized spacial score (nSPS) is 11.9. The highest BCUT2D eigenvalue weighted by Gasteiger charge is 2.20. The second-order valence-corrected chi connectivity index (χ2v) is 4.60. The molecule has 1 aromatic carbocycles. The average molecular weight is 287 g/mol. The van der Waals surface area contributed by atoms with Gasteiger partial charge in [0.05, 0.1) is 17.7 Å². The molecule has 1 atom stereocenters. The van der Waals surface area contributed by atoms with Gasteiger partial charge in [-0.25, -0.2) is 0 Å². The molecule has 2 rings (SSSR count). The molecule has 110 valence electrons. The number of benzene rings is 1. The second-order valence-electron chi connectivity index (χ2n) is 4.60. The number of carboxylic acids is 1. The van der Waals surface area contributed by atoms with Crippen molar-refractivity contribution in [3.8, 4) is 0 Å². The first kappa shape index (κ1) is 14.8. The van der Waals surface area contributed by atoms with Crippen LogP contribution in [-0.2, 0) is 11.3 Å². The minimum absolute atomic E-state index is 0.0372. The Morgan fingerprint density at radius 1 is 1.33 bits per heavy atom. The minimum Gasteiger partial charge on any atom is -0.481 e. The van der Waals surface area contributed by atoms with E-state index in [1.54, 1.807) is 35.1 Å². The van der Waals surface area contributed by atoms with Crippen molar-refractivity contribution >= 4 is 11.9 Å². The number of rotatable bonds is 6. The van der Waals surface area contributed by atoms with Gasteiger partial charge in [-0.15, -0.1) is 0 Å². The maximum Gasteiger partial charge on any atom is 0.312 e. The molecule has 0 fully saturated rings. The van der Waals surface area contributed by atoms with Crippen molar-refractivity contribution in [1.82, 2.24) is 15.1 Å². The molecule has 1 aromatic heterocycles. The minimum atomic E-state index is -0.967. The van der Waals surface area contributed by atoms with E-state index in [2.05, 4.69) is 10.4 Å². The lowest BCUT2D eigenvalue weighted by Crippen LogP contribution is -2.31. The number of hydrogen-bond donors (Lipinski definition) is 2. The highest BCUT2D eigenvalue weighted by molar-refractivity contribution is 5.94. The van der Waals surface area contributed by atoms with Crippen molar-refractivity contribution in [2.45, 2.75) is 19.4 Å². The topological polar surface area (TPSA) is 84.2 Å². The molecule has 0 aliphatic heterocycles. The van der Waals surface area contributed by atoms with Crippen LogP contribution in [0.3, 0.4) is 0 Å². The second kappa shape index (κ2) is 6.69. The monoisotopic (exact) mass is 287 g/mol. The number of aromatic nitrogens is 2. The average Bonchev–Trinajstić information content (AvgIpc) is 2.97. The summed E-state index contributed by atoms with van der Waals surface area (Å²) in [6.45, 7) is 2.63. The summed E-state index contributed by atoms with van der Waals surface area (Å²) in [5.41, 5.74) is 1.09. The van der Waals surface area contributed by atoms with Gasteiger partial charge in [0.15, 0.2) is 0 Å². The van der Waals surface area contributed by atoms with Crippen LogP contribution in [0.15, 0.2) is 42.7 Å². The van der Waals surface area contributed by atoms with Crippen LogP contribution >= 0.6 is 0 Å². The Labute approximate surface area is 122 Å². The maximum atomic E-state index is 12.0. The standard InChI is InChI=1S/C15H17N3O3/c1-2-18-10-12(8-17-18)14(19)16-9-13(15(20)21)11-6-4-3-5-7-11/h3-8,10,13H,2,9H2,1H3,(H,16,19)(H,20,21). The number of amides is 1. The smallest absolute Gasteiger partial charge is 0.312 e. The van der Waals surface area contributed by atoms with E-state index in [4.69, 9.17) is 0 Å². The number of carboxylic acid groups (broad SMARTS) is 1. The fourth-order valence-corrected chi connectivity index (χ4v) is 1.98. The molecule has 0 aliphatic rings. The van der Waals surface area contributed by atoms with E-state index in [0.717, 1.165) is 0 Å². The van der Waals surface area contributed by atoms with Crippen molar-refractivity contribution in [1.29, 1.82) is 0 Å². The first-order chi connectivity index (χ1) is 10.1. The predicted octanol–water partition coefficient (Wildman–Crippen LogP) is 1.50. The van der Waals surface area contributed by atoms with Crippen molar-refractivity contribution in [3.63, 3.8) is 0 Å². The fourth-order valence-electron chi connectivity index (χ4n) is 1.98. The molecule has 0 aliphatic carbocycles. The van der Waals surface area contributed by atoms with Crippen LogP contribution in [-0.4, -0.2) is 33.3 Å². The first-order valence-corrected chi connectivity index (χ1v) is 6.70. The van der Waals surface area contributed by atoms with Crippen molar-refractivity contribution in [2.24, 2.45) is 0 Å². The Morgan fingerprint density at radius 3 is 2.62 bits per heavy atom. The zero-order valence-corrected chi connectivity index (χ0v) is 11.7. The Hall–Kier alpha value is -2.63. The van der Waals surface area contributed by atoms with Crippen LogP contribution in [0, 0.1) is 0 Å². The Bertz CT molecular complexity index is 622. The number of hydrogen-bond acceptors (Lipinski definition) is 3. The van der Waals surface area contributed by atoms with Crippen LogP contribution in [0.2, 0.25) is 0 Å². The van der Waals surface area contributed by atoms with Gasteiger partial charge in [-0.3, -0.25) is 14.3 Å². The fraction of sp³-hybridized carbons (Fsp3) is 0.267. The third-order valence-corrected chi connectivity index (χ3v) is 3.19. The van der Waals surface area contributed by atoms with Crippen molar-refractivity contribution in [2.75, 3.05) is 6.54 Å². The van der Waals surface area contributed by atoms with Gasteiger partial charge in [0.2, 0.25) is 0 Å². The molecule has 2 aromatic rings. The highest BCUT2D eigenvalue weighted by atomic mass is 16.4. The molecular weight excluding hydrogens is 270 g/mol. The maximum absolute atomic E-state index is 12.0. The van der Waals surface area contributed by atoms with Gasteiger partial charge in [-0.05, 0) is 12.5 Å². The van der Waals surface area contributed by atoms with E-state index in [9.17, 15) is 14.7 Å². The number of carbonyl (C=O) groups excluding carboxylic acids is 1. The zero-order chi connectivity index (χ0) is 15.2. The summed E-state index contributed by atoms with van der Waals surface area (Å²) in [5, 5.41) is 15.9. The Balaban J connectivity index is 2.02. The summed E-state index contributed by atoms with van der Waals surface area (Å²) in [4.78, 5) is 23.3. The van der Waals surface area contributed by atoms with Crippen LogP contribution in [0.1, 0.15) is 28.8 Å². The molecular formula is C15H17N3O3. The Kier molecular flexibility index (Phi) is 4.71. The van der Waals surface area contributed by atoms with Gasteiger partial charge in [-0.2, -0.15) is 5.10 Å². The highest BCUT2D eigenvalue weighted by Crippen LogP contribution is 2.15. The van der Waals surface area contributed by atoms with Gasteiger partial charge in [0.1, 0.15) is 0 Å². The van der Waals surface area contributed by atoms with E-state index in [1.807, 2.05) is 13.0 Å². The number of nitrogens with zero attached hydrogens (tertiary/aromatic N) is 2. The lowest BCUT2D eigenvalue weighted by Gasteiger charge is -2.13. The first-order valence-electron chi connectivity index (χ1n) is 6.70. The summed E-state index contributed by atoms with van der Waals surface area (Å²) >= 11 is 0. The van der Waals surface area contributed by atoms with Crippen molar-refractivity contribution in [3.05, 3.63) is 53.9 Å². The summed E-state index contributed by atoms with van der Waals surface area (Å²) in [5.74, 6) is -2.06.